The Morgan fingerprint density at radius 1 is 1.57 bits per heavy atom. The second-order valence-corrected chi connectivity index (χ2v) is 5.06. The molecule has 0 aromatic heterocycles. The molecule has 1 aliphatic rings. The van der Waals surface area contributed by atoms with Gasteiger partial charge in [0.2, 0.25) is 0 Å². The van der Waals surface area contributed by atoms with Crippen molar-refractivity contribution in [3.05, 3.63) is 33.9 Å². The smallest absolute Gasteiger partial charge is 0.292 e. The summed E-state index contributed by atoms with van der Waals surface area (Å²) < 4.78 is 5.51. The van der Waals surface area contributed by atoms with Crippen LogP contribution in [0.5, 0.6) is 0 Å². The van der Waals surface area contributed by atoms with E-state index in [1.807, 2.05) is 0 Å². The maximum atomic E-state index is 12.4. The molecule has 21 heavy (non-hydrogen) atoms. The van der Waals surface area contributed by atoms with Gasteiger partial charge in [-0.25, -0.2) is 0 Å². The number of nitro groups is 1. The number of ether oxygens (including phenoxy) is 1. The summed E-state index contributed by atoms with van der Waals surface area (Å²) in [4.78, 5) is 24.4. The molecule has 1 saturated heterocycles. The summed E-state index contributed by atoms with van der Waals surface area (Å²) in [5.74, 6) is -0.170. The Labute approximate surface area is 123 Å². The molecule has 1 N–H and O–H groups in total. The topological polar surface area (TPSA) is 84.7 Å². The van der Waals surface area contributed by atoms with Gasteiger partial charge in [-0.2, -0.15) is 0 Å². The third kappa shape index (κ3) is 3.49. The summed E-state index contributed by atoms with van der Waals surface area (Å²) in [5.41, 5.74) is 0.706. The number of nitrogens with zero attached hydrogens (tertiary/aromatic N) is 2. The van der Waals surface area contributed by atoms with Gasteiger partial charge in [-0.15, -0.1) is 0 Å². The van der Waals surface area contributed by atoms with Crippen molar-refractivity contribution in [2.45, 2.75) is 18.9 Å². The van der Waals surface area contributed by atoms with Crippen molar-refractivity contribution in [2.75, 3.05) is 32.6 Å². The summed E-state index contributed by atoms with van der Waals surface area (Å²) in [7, 11) is 3.30. The zero-order chi connectivity index (χ0) is 15.4. The Balaban J connectivity index is 2.12. The van der Waals surface area contributed by atoms with Crippen LogP contribution in [-0.2, 0) is 4.74 Å². The molecule has 1 heterocycles. The summed E-state index contributed by atoms with van der Waals surface area (Å²) in [6.45, 7) is 1.28. The molecule has 0 radical (unpaired) electrons. The quantitative estimate of drug-likeness (QED) is 0.662. The molecule has 1 fully saturated rings. The number of anilines is 1. The molecule has 1 unspecified atom stereocenters. The molecule has 1 atom stereocenters. The van der Waals surface area contributed by atoms with Crippen molar-refractivity contribution in [1.29, 1.82) is 0 Å². The van der Waals surface area contributed by atoms with Crippen LogP contribution in [0.3, 0.4) is 0 Å². The highest BCUT2D eigenvalue weighted by Crippen LogP contribution is 2.25. The molecular formula is C14H19N3O4. The lowest BCUT2D eigenvalue weighted by atomic mass is 10.1. The lowest BCUT2D eigenvalue weighted by Gasteiger charge is -2.21. The first kappa shape index (κ1) is 15.2. The number of likely N-dealkylation sites (N-methyl/N-ethyl adjacent to an activating group) is 1. The van der Waals surface area contributed by atoms with E-state index < -0.39 is 4.92 Å². The summed E-state index contributed by atoms with van der Waals surface area (Å²) >= 11 is 0. The third-order valence-corrected chi connectivity index (χ3v) is 3.56. The van der Waals surface area contributed by atoms with Crippen LogP contribution in [0.25, 0.3) is 0 Å². The summed E-state index contributed by atoms with van der Waals surface area (Å²) in [6, 6.07) is 4.33. The molecule has 2 rings (SSSR count). The Bertz CT molecular complexity index is 541. The normalized spacial score (nSPS) is 17.5. The molecule has 1 aromatic rings. The van der Waals surface area contributed by atoms with E-state index in [-0.39, 0.29) is 17.7 Å². The fourth-order valence-electron chi connectivity index (χ4n) is 2.43. The number of carbonyl (C=O) groups excluding carboxylic acids is 1. The second-order valence-electron chi connectivity index (χ2n) is 5.06. The van der Waals surface area contributed by atoms with E-state index in [0.29, 0.717) is 17.8 Å². The van der Waals surface area contributed by atoms with E-state index in [0.717, 1.165) is 19.4 Å². The zero-order valence-electron chi connectivity index (χ0n) is 12.2. The highest BCUT2D eigenvalue weighted by atomic mass is 16.6. The maximum absolute atomic E-state index is 12.4. The second kappa shape index (κ2) is 6.53. The van der Waals surface area contributed by atoms with Crippen molar-refractivity contribution in [1.82, 2.24) is 4.90 Å². The molecule has 1 aliphatic heterocycles. The van der Waals surface area contributed by atoms with E-state index >= 15 is 0 Å². The number of hydrogen-bond donors (Lipinski definition) is 1. The van der Waals surface area contributed by atoms with Gasteiger partial charge in [0.25, 0.3) is 11.6 Å². The minimum Gasteiger partial charge on any atom is -0.383 e. The number of nitrogens with one attached hydrogen (secondary N) is 1. The van der Waals surface area contributed by atoms with Gasteiger partial charge in [-0.05, 0) is 25.0 Å². The Morgan fingerprint density at radius 2 is 2.33 bits per heavy atom. The van der Waals surface area contributed by atoms with Crippen molar-refractivity contribution < 1.29 is 14.5 Å². The average Bonchev–Trinajstić information content (AvgIpc) is 2.98. The van der Waals surface area contributed by atoms with Crippen molar-refractivity contribution >= 4 is 17.3 Å². The van der Waals surface area contributed by atoms with E-state index in [2.05, 4.69) is 5.32 Å². The van der Waals surface area contributed by atoms with Gasteiger partial charge in [-0.3, -0.25) is 14.9 Å². The number of hydrogen-bond acceptors (Lipinski definition) is 5. The predicted molar refractivity (Wildman–Crippen MR) is 78.6 cm³/mol. The molecule has 1 aromatic carbocycles. The maximum Gasteiger partial charge on any atom is 0.292 e. The van der Waals surface area contributed by atoms with Gasteiger partial charge in [-0.1, -0.05) is 0 Å². The summed E-state index contributed by atoms with van der Waals surface area (Å²) in [5, 5.41) is 13.6. The standard InChI is InChI=1S/C14H19N3O4/c1-15-12-8-10(5-6-13(12)17(19)20)14(18)16(2)9-11-4-3-7-21-11/h5-6,8,11,15H,3-4,7,9H2,1-2H3. The molecule has 1 amide bonds. The van der Waals surface area contributed by atoms with E-state index in [1.54, 1.807) is 19.0 Å². The molecule has 7 heteroatoms. The minimum absolute atomic E-state index is 0.0455. The molecule has 0 bridgehead atoms. The average molecular weight is 293 g/mol. The van der Waals surface area contributed by atoms with Crippen LogP contribution in [0, 0.1) is 10.1 Å². The molecule has 0 spiro atoms. The monoisotopic (exact) mass is 293 g/mol. The van der Waals surface area contributed by atoms with Gasteiger partial charge < -0.3 is 15.0 Å². The first-order chi connectivity index (χ1) is 10.0. The zero-order valence-corrected chi connectivity index (χ0v) is 12.2. The van der Waals surface area contributed by atoms with Gasteiger partial charge in [0.05, 0.1) is 11.0 Å². The van der Waals surface area contributed by atoms with Crippen LogP contribution in [0.4, 0.5) is 11.4 Å². The SMILES string of the molecule is CNc1cc(C(=O)N(C)CC2CCCO2)ccc1[N+](=O)[O-]. The van der Waals surface area contributed by atoms with Crippen molar-refractivity contribution in [3.8, 4) is 0 Å². The number of carbonyl (C=O) groups is 1. The van der Waals surface area contributed by atoms with Crippen LogP contribution < -0.4 is 5.32 Å². The lowest BCUT2D eigenvalue weighted by molar-refractivity contribution is -0.383. The highest BCUT2D eigenvalue weighted by molar-refractivity contribution is 5.95. The first-order valence-electron chi connectivity index (χ1n) is 6.86. The highest BCUT2D eigenvalue weighted by Gasteiger charge is 2.22. The molecule has 0 saturated carbocycles. The van der Waals surface area contributed by atoms with Crippen LogP contribution >= 0.6 is 0 Å². The van der Waals surface area contributed by atoms with E-state index in [1.165, 1.54) is 18.2 Å². The minimum atomic E-state index is -0.476. The number of amides is 1. The Kier molecular flexibility index (Phi) is 4.74. The number of rotatable bonds is 5. The molecule has 0 aliphatic carbocycles. The van der Waals surface area contributed by atoms with Gasteiger partial charge in [0.1, 0.15) is 5.69 Å². The van der Waals surface area contributed by atoms with Crippen molar-refractivity contribution in [2.24, 2.45) is 0 Å². The van der Waals surface area contributed by atoms with Crippen molar-refractivity contribution in [3.63, 3.8) is 0 Å². The van der Waals surface area contributed by atoms with Crippen LogP contribution in [0.1, 0.15) is 23.2 Å². The molecule has 114 valence electrons. The number of benzene rings is 1. The predicted octanol–water partition coefficient (Wildman–Crippen LogP) is 1.89. The van der Waals surface area contributed by atoms with Crippen LogP contribution in [0.15, 0.2) is 18.2 Å². The van der Waals surface area contributed by atoms with E-state index in [9.17, 15) is 14.9 Å². The van der Waals surface area contributed by atoms with Crippen LogP contribution in [0.2, 0.25) is 0 Å². The van der Waals surface area contributed by atoms with Gasteiger partial charge in [0.15, 0.2) is 0 Å². The fraction of sp³-hybridized carbons (Fsp3) is 0.500. The molecule has 7 nitrogen and oxygen atoms in total. The number of nitro benzene ring substituents is 1. The Morgan fingerprint density at radius 3 is 2.90 bits per heavy atom. The first-order valence-corrected chi connectivity index (χ1v) is 6.86. The van der Waals surface area contributed by atoms with E-state index in [4.69, 9.17) is 4.74 Å². The van der Waals surface area contributed by atoms with Gasteiger partial charge in [0, 0.05) is 38.9 Å². The van der Waals surface area contributed by atoms with Gasteiger partial charge >= 0.3 is 0 Å². The molecular weight excluding hydrogens is 274 g/mol. The largest absolute Gasteiger partial charge is 0.383 e. The van der Waals surface area contributed by atoms with Crippen LogP contribution in [-0.4, -0.2) is 49.1 Å². The Hall–Kier alpha value is -2.15. The lowest BCUT2D eigenvalue weighted by Crippen LogP contribution is -2.34. The third-order valence-electron chi connectivity index (χ3n) is 3.56. The fourth-order valence-corrected chi connectivity index (χ4v) is 2.43. The summed E-state index contributed by atoms with van der Waals surface area (Å²) in [6.07, 6.45) is 2.06.